The molecule has 0 unspecified atom stereocenters. The van der Waals surface area contributed by atoms with Crippen LogP contribution in [0.3, 0.4) is 0 Å². The van der Waals surface area contributed by atoms with Gasteiger partial charge in [0.25, 0.3) is 0 Å². The fourth-order valence-corrected chi connectivity index (χ4v) is 2.09. The lowest BCUT2D eigenvalue weighted by Gasteiger charge is -2.20. The number of hydrogen-bond donors (Lipinski definition) is 1. The van der Waals surface area contributed by atoms with Gasteiger partial charge in [-0.1, -0.05) is 19.1 Å². The highest BCUT2D eigenvalue weighted by Crippen LogP contribution is 2.18. The van der Waals surface area contributed by atoms with Gasteiger partial charge in [-0.15, -0.1) is 0 Å². The van der Waals surface area contributed by atoms with Crippen LogP contribution in [0.25, 0.3) is 0 Å². The molecule has 0 radical (unpaired) electrons. The van der Waals surface area contributed by atoms with E-state index in [-0.39, 0.29) is 5.54 Å². The average molecular weight is 278 g/mol. The van der Waals surface area contributed by atoms with E-state index in [1.54, 1.807) is 0 Å². The van der Waals surface area contributed by atoms with Crippen LogP contribution in [-0.2, 0) is 13.1 Å². The van der Waals surface area contributed by atoms with Crippen LogP contribution in [0.15, 0.2) is 22.6 Å². The summed E-state index contributed by atoms with van der Waals surface area (Å²) in [5.74, 6) is 2.04. The molecular weight excluding hydrogens is 248 g/mol. The highest BCUT2D eigenvalue weighted by atomic mass is 16.3. The fourth-order valence-electron chi connectivity index (χ4n) is 2.09. The number of rotatable bonds is 7. The molecule has 1 rings (SSSR count). The molecule has 0 spiro atoms. The molecule has 1 aromatic rings. The quantitative estimate of drug-likeness (QED) is 0.767. The minimum atomic E-state index is 0.107. The lowest BCUT2D eigenvalue weighted by Crippen LogP contribution is -2.34. The van der Waals surface area contributed by atoms with Crippen molar-refractivity contribution in [2.75, 3.05) is 13.1 Å². The first kappa shape index (κ1) is 17.0. The van der Waals surface area contributed by atoms with Crippen molar-refractivity contribution in [2.45, 2.75) is 60.2 Å². The van der Waals surface area contributed by atoms with Gasteiger partial charge in [-0.05, 0) is 47.2 Å². The molecule has 1 aromatic heterocycles. The van der Waals surface area contributed by atoms with Gasteiger partial charge in [-0.25, -0.2) is 0 Å². The Morgan fingerprint density at radius 1 is 1.40 bits per heavy atom. The Hall–Kier alpha value is -1.06. The van der Waals surface area contributed by atoms with Crippen LogP contribution in [0.4, 0.5) is 0 Å². The number of furan rings is 1. The molecule has 20 heavy (non-hydrogen) atoms. The monoisotopic (exact) mass is 278 g/mol. The highest BCUT2D eigenvalue weighted by molar-refractivity contribution is 5.21. The first-order chi connectivity index (χ1) is 9.21. The maximum atomic E-state index is 5.85. The summed E-state index contributed by atoms with van der Waals surface area (Å²) in [7, 11) is 0. The Labute approximate surface area is 124 Å². The minimum Gasteiger partial charge on any atom is -0.465 e. The van der Waals surface area contributed by atoms with Gasteiger partial charge in [0.15, 0.2) is 0 Å². The summed E-state index contributed by atoms with van der Waals surface area (Å²) in [5, 5.41) is 3.46. The third-order valence-corrected chi connectivity index (χ3v) is 3.20. The lowest BCUT2D eigenvalue weighted by molar-refractivity contribution is 0.302. The van der Waals surface area contributed by atoms with Crippen LogP contribution in [0.1, 0.15) is 51.7 Å². The van der Waals surface area contributed by atoms with Crippen molar-refractivity contribution in [2.24, 2.45) is 0 Å². The van der Waals surface area contributed by atoms with Crippen molar-refractivity contribution in [3.63, 3.8) is 0 Å². The van der Waals surface area contributed by atoms with E-state index >= 15 is 0 Å². The van der Waals surface area contributed by atoms with Crippen molar-refractivity contribution >= 4 is 0 Å². The summed E-state index contributed by atoms with van der Waals surface area (Å²) < 4.78 is 5.85. The van der Waals surface area contributed by atoms with Crippen LogP contribution in [0, 0.1) is 6.92 Å². The van der Waals surface area contributed by atoms with Crippen molar-refractivity contribution in [1.82, 2.24) is 10.2 Å². The molecule has 1 N–H and O–H groups in total. The van der Waals surface area contributed by atoms with E-state index in [2.05, 4.69) is 57.5 Å². The predicted molar refractivity (Wildman–Crippen MR) is 85.8 cm³/mol. The Kier molecular flexibility index (Phi) is 6.03. The van der Waals surface area contributed by atoms with E-state index in [0.717, 1.165) is 37.7 Å². The van der Waals surface area contributed by atoms with Crippen LogP contribution in [0.2, 0.25) is 0 Å². The maximum Gasteiger partial charge on any atom is 0.118 e. The van der Waals surface area contributed by atoms with E-state index < -0.39 is 0 Å². The van der Waals surface area contributed by atoms with Gasteiger partial charge < -0.3 is 9.73 Å². The molecule has 0 aliphatic rings. The summed E-state index contributed by atoms with van der Waals surface area (Å²) in [5.41, 5.74) is 2.58. The Bertz CT molecular complexity index is 440. The lowest BCUT2D eigenvalue weighted by atomic mass is 10.1. The molecule has 0 atom stereocenters. The Morgan fingerprint density at radius 2 is 2.05 bits per heavy atom. The number of aryl methyl sites for hydroxylation is 1. The highest BCUT2D eigenvalue weighted by Gasteiger charge is 2.14. The summed E-state index contributed by atoms with van der Waals surface area (Å²) in [6.07, 6.45) is 0. The maximum absolute atomic E-state index is 5.85. The number of nitrogens with one attached hydrogen (secondary N) is 1. The largest absolute Gasteiger partial charge is 0.465 e. The summed E-state index contributed by atoms with van der Waals surface area (Å²) in [6.45, 7) is 20.4. The first-order valence-corrected chi connectivity index (χ1v) is 7.41. The number of hydrogen-bond acceptors (Lipinski definition) is 3. The Morgan fingerprint density at radius 3 is 2.55 bits per heavy atom. The zero-order chi connectivity index (χ0) is 15.3. The van der Waals surface area contributed by atoms with E-state index in [1.165, 1.54) is 11.1 Å². The van der Waals surface area contributed by atoms with E-state index in [0.29, 0.717) is 0 Å². The van der Waals surface area contributed by atoms with Gasteiger partial charge in [0.1, 0.15) is 11.5 Å². The smallest absolute Gasteiger partial charge is 0.118 e. The summed E-state index contributed by atoms with van der Waals surface area (Å²) in [4.78, 5) is 2.38. The minimum absolute atomic E-state index is 0.107. The standard InChI is InChI=1S/C17H30N2O/c1-8-19(11-13(2)3)12-15-9-16(20-14(15)4)10-18-17(5,6)7/h9,18H,2,8,10-12H2,1,3-7H3. The zero-order valence-corrected chi connectivity index (χ0v) is 14.0. The van der Waals surface area contributed by atoms with Crippen LogP contribution < -0.4 is 5.32 Å². The third-order valence-electron chi connectivity index (χ3n) is 3.20. The third kappa shape index (κ3) is 5.93. The van der Waals surface area contributed by atoms with E-state index in [1.807, 2.05) is 6.92 Å². The molecule has 0 bridgehead atoms. The second kappa shape index (κ2) is 7.09. The van der Waals surface area contributed by atoms with Crippen LogP contribution >= 0.6 is 0 Å². The zero-order valence-electron chi connectivity index (χ0n) is 14.0. The second-order valence-corrected chi connectivity index (χ2v) is 6.66. The second-order valence-electron chi connectivity index (χ2n) is 6.66. The molecule has 0 saturated heterocycles. The van der Waals surface area contributed by atoms with Gasteiger partial charge in [0, 0.05) is 24.2 Å². The number of likely N-dealkylation sites (N-methyl/N-ethyl adjacent to an activating group) is 1. The van der Waals surface area contributed by atoms with Gasteiger partial charge in [0.2, 0.25) is 0 Å². The molecule has 3 nitrogen and oxygen atoms in total. The molecule has 3 heteroatoms. The summed E-state index contributed by atoms with van der Waals surface area (Å²) in [6, 6.07) is 2.18. The van der Waals surface area contributed by atoms with E-state index in [9.17, 15) is 0 Å². The normalized spacial score (nSPS) is 12.2. The summed E-state index contributed by atoms with van der Waals surface area (Å²) >= 11 is 0. The van der Waals surface area contributed by atoms with Crippen LogP contribution in [-0.4, -0.2) is 23.5 Å². The molecule has 0 aromatic carbocycles. The van der Waals surface area contributed by atoms with Crippen molar-refractivity contribution in [3.8, 4) is 0 Å². The van der Waals surface area contributed by atoms with Gasteiger partial charge in [-0.2, -0.15) is 0 Å². The van der Waals surface area contributed by atoms with Gasteiger partial charge in [-0.3, -0.25) is 4.90 Å². The van der Waals surface area contributed by atoms with Gasteiger partial charge >= 0.3 is 0 Å². The molecule has 0 aliphatic carbocycles. The van der Waals surface area contributed by atoms with Crippen molar-refractivity contribution in [3.05, 3.63) is 35.3 Å². The topological polar surface area (TPSA) is 28.4 Å². The fraction of sp³-hybridized carbons (Fsp3) is 0.647. The van der Waals surface area contributed by atoms with E-state index in [4.69, 9.17) is 4.42 Å². The predicted octanol–water partition coefficient (Wildman–Crippen LogP) is 3.87. The number of nitrogens with zero attached hydrogens (tertiary/aromatic N) is 1. The van der Waals surface area contributed by atoms with Crippen molar-refractivity contribution in [1.29, 1.82) is 0 Å². The van der Waals surface area contributed by atoms with Gasteiger partial charge in [0.05, 0.1) is 6.54 Å². The first-order valence-electron chi connectivity index (χ1n) is 7.41. The Balaban J connectivity index is 2.67. The average Bonchev–Trinajstić information content (AvgIpc) is 2.65. The van der Waals surface area contributed by atoms with Crippen molar-refractivity contribution < 1.29 is 4.42 Å². The molecular formula is C17H30N2O. The molecule has 114 valence electrons. The molecule has 0 saturated carbocycles. The van der Waals surface area contributed by atoms with Crippen LogP contribution in [0.5, 0.6) is 0 Å². The SMILES string of the molecule is C=C(C)CN(CC)Cc1cc(CNC(C)(C)C)oc1C. The molecule has 0 fully saturated rings. The molecule has 1 heterocycles. The molecule has 0 amide bonds. The molecule has 0 aliphatic heterocycles.